The lowest BCUT2D eigenvalue weighted by molar-refractivity contribution is -0.124. The molecule has 0 spiro atoms. The second-order valence-corrected chi connectivity index (χ2v) is 5.16. The molecule has 0 aromatic heterocycles. The number of esters is 1. The van der Waals surface area contributed by atoms with Crippen molar-refractivity contribution in [3.05, 3.63) is 22.2 Å². The molecule has 1 aromatic rings. The number of methoxy groups -OCH3 is 1. The third-order valence-electron chi connectivity index (χ3n) is 2.27. The number of carbonyl (C=O) groups excluding carboxylic acids is 2. The van der Waals surface area contributed by atoms with Crippen molar-refractivity contribution >= 4 is 27.8 Å². The van der Waals surface area contributed by atoms with Gasteiger partial charge >= 0.3 is 5.97 Å². The van der Waals surface area contributed by atoms with Crippen molar-refractivity contribution in [1.82, 2.24) is 5.32 Å². The molecule has 0 atom stereocenters. The van der Waals surface area contributed by atoms with Crippen LogP contribution in [0.25, 0.3) is 0 Å². The van der Waals surface area contributed by atoms with E-state index in [0.29, 0.717) is 4.47 Å². The molecule has 0 bridgehead atoms. The van der Waals surface area contributed by atoms with Crippen LogP contribution < -0.4 is 10.1 Å². The summed E-state index contributed by atoms with van der Waals surface area (Å²) < 4.78 is 10.1. The first-order chi connectivity index (χ1) is 9.35. The number of rotatable bonds is 5. The number of phenolic OH excluding ortho intramolecular Hbond substituents is 1. The van der Waals surface area contributed by atoms with E-state index in [2.05, 4.69) is 21.2 Å². The van der Waals surface area contributed by atoms with Crippen molar-refractivity contribution in [2.24, 2.45) is 0 Å². The molecule has 0 radical (unpaired) electrons. The third-order valence-corrected chi connectivity index (χ3v) is 2.87. The highest BCUT2D eigenvalue weighted by Crippen LogP contribution is 2.35. The Hall–Kier alpha value is -1.76. The van der Waals surface area contributed by atoms with Gasteiger partial charge in [0.2, 0.25) is 0 Å². The van der Waals surface area contributed by atoms with Crippen molar-refractivity contribution in [2.45, 2.75) is 19.9 Å². The van der Waals surface area contributed by atoms with Gasteiger partial charge in [-0.1, -0.05) is 0 Å². The van der Waals surface area contributed by atoms with Crippen LogP contribution in [0.2, 0.25) is 0 Å². The summed E-state index contributed by atoms with van der Waals surface area (Å²) in [5.41, 5.74) is 0.170. The molecule has 7 heteroatoms. The number of benzene rings is 1. The van der Waals surface area contributed by atoms with Gasteiger partial charge in [0.15, 0.2) is 18.1 Å². The van der Waals surface area contributed by atoms with Crippen LogP contribution in [-0.4, -0.2) is 36.7 Å². The smallest absolute Gasteiger partial charge is 0.338 e. The van der Waals surface area contributed by atoms with Gasteiger partial charge in [-0.05, 0) is 41.9 Å². The van der Waals surface area contributed by atoms with Crippen molar-refractivity contribution in [1.29, 1.82) is 0 Å². The Bertz CT molecular complexity index is 516. The summed E-state index contributed by atoms with van der Waals surface area (Å²) in [7, 11) is 1.37. The molecule has 2 N–H and O–H groups in total. The second kappa shape index (κ2) is 7.14. The number of hydrogen-bond donors (Lipinski definition) is 2. The van der Waals surface area contributed by atoms with E-state index in [1.54, 1.807) is 0 Å². The van der Waals surface area contributed by atoms with Crippen LogP contribution in [0, 0.1) is 0 Å². The molecule has 1 rings (SSSR count). The molecule has 6 nitrogen and oxygen atoms in total. The molecular formula is C13H16BrNO5. The lowest BCUT2D eigenvalue weighted by atomic mass is 10.2. The zero-order valence-electron chi connectivity index (χ0n) is 11.4. The van der Waals surface area contributed by atoms with Crippen molar-refractivity contribution in [3.8, 4) is 11.5 Å². The number of halogens is 1. The summed E-state index contributed by atoms with van der Waals surface area (Å²) in [5, 5.41) is 12.2. The highest BCUT2D eigenvalue weighted by atomic mass is 79.9. The molecule has 110 valence electrons. The Kier molecular flexibility index (Phi) is 5.82. The zero-order valence-corrected chi connectivity index (χ0v) is 13.0. The average molecular weight is 346 g/mol. The van der Waals surface area contributed by atoms with Crippen LogP contribution in [0.5, 0.6) is 11.5 Å². The molecule has 20 heavy (non-hydrogen) atoms. The van der Waals surface area contributed by atoms with Crippen molar-refractivity contribution in [2.75, 3.05) is 13.7 Å². The fourth-order valence-corrected chi connectivity index (χ4v) is 1.87. The SMILES string of the molecule is COc1cc(C(=O)OCC(=O)NC(C)C)cc(Br)c1O. The van der Waals surface area contributed by atoms with Crippen molar-refractivity contribution in [3.63, 3.8) is 0 Å². The van der Waals surface area contributed by atoms with Crippen molar-refractivity contribution < 1.29 is 24.2 Å². The summed E-state index contributed by atoms with van der Waals surface area (Å²) >= 11 is 3.10. The van der Waals surface area contributed by atoms with Gasteiger partial charge in [0.1, 0.15) is 0 Å². The zero-order chi connectivity index (χ0) is 15.3. The van der Waals surface area contributed by atoms with E-state index in [4.69, 9.17) is 9.47 Å². The van der Waals surface area contributed by atoms with Gasteiger partial charge in [-0.2, -0.15) is 0 Å². The highest BCUT2D eigenvalue weighted by Gasteiger charge is 2.16. The molecule has 0 saturated heterocycles. The van der Waals surface area contributed by atoms with Gasteiger partial charge < -0.3 is 19.9 Å². The van der Waals surface area contributed by atoms with Gasteiger partial charge in [-0.3, -0.25) is 4.79 Å². The minimum absolute atomic E-state index is 0.0240. The largest absolute Gasteiger partial charge is 0.503 e. The lowest BCUT2D eigenvalue weighted by Gasteiger charge is -2.10. The van der Waals surface area contributed by atoms with E-state index in [1.807, 2.05) is 13.8 Å². The standard InChI is InChI=1S/C13H16BrNO5/c1-7(2)15-11(16)6-20-13(18)8-4-9(14)12(17)10(5-8)19-3/h4-5,7,17H,6H2,1-3H3,(H,15,16). The first kappa shape index (κ1) is 16.3. The number of hydrogen-bond acceptors (Lipinski definition) is 5. The number of nitrogens with one attached hydrogen (secondary N) is 1. The molecule has 1 aromatic carbocycles. The quantitative estimate of drug-likeness (QED) is 0.795. The number of aromatic hydroxyl groups is 1. The van der Waals surface area contributed by atoms with E-state index in [9.17, 15) is 14.7 Å². The van der Waals surface area contributed by atoms with Crippen LogP contribution in [0.3, 0.4) is 0 Å². The van der Waals surface area contributed by atoms with Crippen LogP contribution in [0.4, 0.5) is 0 Å². The maximum absolute atomic E-state index is 11.8. The molecule has 1 amide bonds. The highest BCUT2D eigenvalue weighted by molar-refractivity contribution is 9.10. The minimum Gasteiger partial charge on any atom is -0.503 e. The molecule has 0 saturated carbocycles. The normalized spacial score (nSPS) is 10.2. The Morgan fingerprint density at radius 3 is 2.60 bits per heavy atom. The Morgan fingerprint density at radius 2 is 2.05 bits per heavy atom. The van der Waals surface area contributed by atoms with Crippen LogP contribution in [-0.2, 0) is 9.53 Å². The molecular weight excluding hydrogens is 330 g/mol. The molecule has 0 heterocycles. The molecule has 0 fully saturated rings. The minimum atomic E-state index is -0.678. The summed E-state index contributed by atoms with van der Waals surface area (Å²) in [6.07, 6.45) is 0. The maximum atomic E-state index is 11.8. The summed E-state index contributed by atoms with van der Waals surface area (Å²) in [4.78, 5) is 23.2. The monoisotopic (exact) mass is 345 g/mol. The molecule has 0 aliphatic heterocycles. The number of ether oxygens (including phenoxy) is 2. The first-order valence-electron chi connectivity index (χ1n) is 5.88. The fraction of sp³-hybridized carbons (Fsp3) is 0.385. The maximum Gasteiger partial charge on any atom is 0.338 e. The van der Waals surface area contributed by atoms with Crippen LogP contribution in [0.1, 0.15) is 24.2 Å². The predicted molar refractivity (Wildman–Crippen MR) is 75.9 cm³/mol. The van der Waals surface area contributed by atoms with Gasteiger partial charge in [0, 0.05) is 6.04 Å². The van der Waals surface area contributed by atoms with Gasteiger partial charge in [0.05, 0.1) is 17.1 Å². The number of carbonyl (C=O) groups is 2. The number of phenols is 1. The summed E-state index contributed by atoms with van der Waals surface area (Å²) in [6, 6.07) is 2.70. The lowest BCUT2D eigenvalue weighted by Crippen LogP contribution is -2.33. The Labute approximate surface area is 125 Å². The van der Waals surface area contributed by atoms with Crippen LogP contribution >= 0.6 is 15.9 Å². The second-order valence-electron chi connectivity index (χ2n) is 4.31. The van der Waals surface area contributed by atoms with Gasteiger partial charge in [0.25, 0.3) is 5.91 Å². The predicted octanol–water partition coefficient (Wildman–Crippen LogP) is 1.84. The first-order valence-corrected chi connectivity index (χ1v) is 6.67. The van der Waals surface area contributed by atoms with Crippen LogP contribution in [0.15, 0.2) is 16.6 Å². The number of amides is 1. The third kappa shape index (κ3) is 4.41. The topological polar surface area (TPSA) is 84.9 Å². The summed E-state index contributed by atoms with van der Waals surface area (Å²) in [5.74, 6) is -1.03. The molecule has 0 aliphatic rings. The molecule has 0 unspecified atom stereocenters. The average Bonchev–Trinajstić information content (AvgIpc) is 2.38. The van der Waals surface area contributed by atoms with E-state index in [-0.39, 0.29) is 35.6 Å². The van der Waals surface area contributed by atoms with E-state index < -0.39 is 5.97 Å². The van der Waals surface area contributed by atoms with E-state index in [1.165, 1.54) is 19.2 Å². The Morgan fingerprint density at radius 1 is 1.40 bits per heavy atom. The fourth-order valence-electron chi connectivity index (χ4n) is 1.43. The van der Waals surface area contributed by atoms with Gasteiger partial charge in [-0.25, -0.2) is 4.79 Å². The molecule has 0 aliphatic carbocycles. The Balaban J connectivity index is 2.73. The van der Waals surface area contributed by atoms with Gasteiger partial charge in [-0.15, -0.1) is 0 Å². The summed E-state index contributed by atoms with van der Waals surface area (Å²) in [6.45, 7) is 3.25. The van der Waals surface area contributed by atoms with E-state index >= 15 is 0 Å². The van der Waals surface area contributed by atoms with E-state index in [0.717, 1.165) is 0 Å².